The lowest BCUT2D eigenvalue weighted by Crippen LogP contribution is -2.54. The summed E-state index contributed by atoms with van der Waals surface area (Å²) in [6, 6.07) is 10.1. The van der Waals surface area contributed by atoms with Gasteiger partial charge in [0, 0.05) is 19.6 Å². The van der Waals surface area contributed by atoms with Crippen LogP contribution in [-0.2, 0) is 9.59 Å². The van der Waals surface area contributed by atoms with Gasteiger partial charge in [0.1, 0.15) is 0 Å². The number of nitrogens with zero attached hydrogens (tertiary/aromatic N) is 2. The summed E-state index contributed by atoms with van der Waals surface area (Å²) in [5.74, 6) is -0.00107. The van der Waals surface area contributed by atoms with E-state index in [-0.39, 0.29) is 30.9 Å². The van der Waals surface area contributed by atoms with E-state index in [0.29, 0.717) is 6.54 Å². The van der Waals surface area contributed by atoms with Crippen molar-refractivity contribution in [1.29, 1.82) is 0 Å². The molecule has 1 aromatic rings. The monoisotopic (exact) mass is 275 g/mol. The number of hydrogen-bond donors (Lipinski definition) is 1. The predicted molar refractivity (Wildman–Crippen MR) is 77.1 cm³/mol. The minimum absolute atomic E-state index is 0.00549. The van der Waals surface area contributed by atoms with Crippen LogP contribution in [0.15, 0.2) is 30.3 Å². The van der Waals surface area contributed by atoms with Crippen molar-refractivity contribution in [1.82, 2.24) is 15.1 Å². The molecule has 1 unspecified atom stereocenters. The summed E-state index contributed by atoms with van der Waals surface area (Å²) in [6.07, 6.45) is 0. The van der Waals surface area contributed by atoms with E-state index in [1.165, 1.54) is 4.90 Å². The first-order valence-corrected chi connectivity index (χ1v) is 6.92. The molecule has 5 heteroatoms. The topological polar surface area (TPSA) is 52.7 Å². The summed E-state index contributed by atoms with van der Waals surface area (Å²) in [4.78, 5) is 26.9. The average molecular weight is 275 g/mol. The van der Waals surface area contributed by atoms with Crippen molar-refractivity contribution in [3.8, 4) is 0 Å². The molecule has 2 rings (SSSR count). The molecule has 5 nitrogen and oxygen atoms in total. The third-order valence-electron chi connectivity index (χ3n) is 3.53. The van der Waals surface area contributed by atoms with Crippen LogP contribution in [-0.4, -0.2) is 54.8 Å². The fraction of sp³-hybridized carbons (Fsp3) is 0.467. The summed E-state index contributed by atoms with van der Waals surface area (Å²) in [6.45, 7) is 3.72. The van der Waals surface area contributed by atoms with Gasteiger partial charge in [0.05, 0.1) is 13.1 Å². The molecule has 1 N–H and O–H groups in total. The van der Waals surface area contributed by atoms with Gasteiger partial charge in [-0.15, -0.1) is 0 Å². The van der Waals surface area contributed by atoms with Crippen LogP contribution in [0.5, 0.6) is 0 Å². The van der Waals surface area contributed by atoms with Crippen LogP contribution < -0.4 is 5.32 Å². The van der Waals surface area contributed by atoms with Crippen LogP contribution >= 0.6 is 0 Å². The van der Waals surface area contributed by atoms with Crippen LogP contribution in [0.3, 0.4) is 0 Å². The van der Waals surface area contributed by atoms with Gasteiger partial charge in [-0.25, -0.2) is 0 Å². The Morgan fingerprint density at radius 1 is 1.15 bits per heavy atom. The molecule has 0 aromatic heterocycles. The van der Waals surface area contributed by atoms with Gasteiger partial charge < -0.3 is 15.1 Å². The molecular weight excluding hydrogens is 254 g/mol. The third kappa shape index (κ3) is 3.36. The van der Waals surface area contributed by atoms with Crippen molar-refractivity contribution in [2.24, 2.45) is 0 Å². The van der Waals surface area contributed by atoms with E-state index in [9.17, 15) is 9.59 Å². The summed E-state index contributed by atoms with van der Waals surface area (Å²) >= 11 is 0. The summed E-state index contributed by atoms with van der Waals surface area (Å²) in [7, 11) is 1.66. The van der Waals surface area contributed by atoms with Crippen LogP contribution in [0.4, 0.5) is 0 Å². The number of carbonyl (C=O) groups excluding carboxylic acids is 2. The van der Waals surface area contributed by atoms with E-state index in [4.69, 9.17) is 0 Å². The molecule has 1 saturated heterocycles. The Balaban J connectivity index is 2.08. The predicted octanol–water partition coefficient (Wildman–Crippen LogP) is 0.638. The minimum Gasteiger partial charge on any atom is -0.335 e. The van der Waals surface area contributed by atoms with Crippen molar-refractivity contribution >= 4 is 11.8 Å². The second-order valence-electron chi connectivity index (χ2n) is 5.05. The van der Waals surface area contributed by atoms with Gasteiger partial charge in [0.25, 0.3) is 0 Å². The maximum Gasteiger partial charge on any atom is 0.242 e. The van der Waals surface area contributed by atoms with Gasteiger partial charge in [-0.2, -0.15) is 0 Å². The highest BCUT2D eigenvalue weighted by Crippen LogP contribution is 2.15. The first kappa shape index (κ1) is 14.5. The van der Waals surface area contributed by atoms with Crippen molar-refractivity contribution in [3.05, 3.63) is 35.9 Å². The summed E-state index contributed by atoms with van der Waals surface area (Å²) < 4.78 is 0. The molecule has 0 aliphatic carbocycles. The Morgan fingerprint density at radius 2 is 1.85 bits per heavy atom. The molecule has 0 bridgehead atoms. The lowest BCUT2D eigenvalue weighted by atomic mass is 10.1. The van der Waals surface area contributed by atoms with Crippen molar-refractivity contribution in [2.75, 3.05) is 33.2 Å². The van der Waals surface area contributed by atoms with Gasteiger partial charge in [-0.05, 0) is 12.1 Å². The third-order valence-corrected chi connectivity index (χ3v) is 3.53. The molecule has 1 aliphatic rings. The number of piperazine rings is 1. The van der Waals surface area contributed by atoms with E-state index >= 15 is 0 Å². The standard InChI is InChI=1S/C15H21N3O2/c1-3-16-13(12-7-5-4-6-8-12)9-18-11-14(19)17(2)10-15(18)20/h4-8,13,16H,3,9-11H2,1-2H3. The first-order chi connectivity index (χ1) is 9.61. The Labute approximate surface area is 119 Å². The van der Waals surface area contributed by atoms with E-state index < -0.39 is 0 Å². The maximum atomic E-state index is 12.0. The molecule has 1 atom stereocenters. The Morgan fingerprint density at radius 3 is 2.50 bits per heavy atom. The quantitative estimate of drug-likeness (QED) is 0.858. The lowest BCUT2D eigenvalue weighted by molar-refractivity contribution is -0.149. The van der Waals surface area contributed by atoms with Gasteiger partial charge >= 0.3 is 0 Å². The maximum absolute atomic E-state index is 12.0. The Hall–Kier alpha value is -1.88. The number of likely N-dealkylation sites (N-methyl/N-ethyl adjacent to an activating group) is 2. The molecule has 0 radical (unpaired) electrons. The van der Waals surface area contributed by atoms with Gasteiger partial charge in [0.2, 0.25) is 11.8 Å². The molecule has 2 amide bonds. The molecule has 1 aliphatic heterocycles. The highest BCUT2D eigenvalue weighted by Gasteiger charge is 2.29. The number of nitrogens with one attached hydrogen (secondary N) is 1. The smallest absolute Gasteiger partial charge is 0.242 e. The van der Waals surface area contributed by atoms with E-state index in [1.54, 1.807) is 11.9 Å². The van der Waals surface area contributed by atoms with Crippen LogP contribution in [0.25, 0.3) is 0 Å². The zero-order valence-corrected chi connectivity index (χ0v) is 12.0. The number of rotatable bonds is 5. The van der Waals surface area contributed by atoms with Gasteiger partial charge in [0.15, 0.2) is 0 Å². The number of amides is 2. The SMILES string of the molecule is CCNC(CN1CC(=O)N(C)CC1=O)c1ccccc1. The normalized spacial score (nSPS) is 17.5. The Bertz CT molecular complexity index is 475. The summed E-state index contributed by atoms with van der Waals surface area (Å²) in [5, 5.41) is 3.37. The molecule has 1 heterocycles. The van der Waals surface area contributed by atoms with E-state index in [1.807, 2.05) is 37.3 Å². The van der Waals surface area contributed by atoms with Crippen LogP contribution in [0.2, 0.25) is 0 Å². The second kappa shape index (κ2) is 6.52. The molecule has 1 aromatic carbocycles. The second-order valence-corrected chi connectivity index (χ2v) is 5.05. The zero-order chi connectivity index (χ0) is 14.5. The summed E-state index contributed by atoms with van der Waals surface area (Å²) in [5.41, 5.74) is 1.13. The van der Waals surface area contributed by atoms with E-state index in [0.717, 1.165) is 12.1 Å². The molecule has 0 saturated carbocycles. The molecule has 108 valence electrons. The highest BCUT2D eigenvalue weighted by molar-refractivity contribution is 5.92. The van der Waals surface area contributed by atoms with E-state index in [2.05, 4.69) is 5.32 Å². The molecule has 1 fully saturated rings. The molecule has 20 heavy (non-hydrogen) atoms. The number of hydrogen-bond acceptors (Lipinski definition) is 3. The zero-order valence-electron chi connectivity index (χ0n) is 12.0. The van der Waals surface area contributed by atoms with Crippen LogP contribution in [0.1, 0.15) is 18.5 Å². The number of carbonyl (C=O) groups is 2. The first-order valence-electron chi connectivity index (χ1n) is 6.92. The van der Waals surface area contributed by atoms with Crippen molar-refractivity contribution < 1.29 is 9.59 Å². The fourth-order valence-electron chi connectivity index (χ4n) is 2.37. The van der Waals surface area contributed by atoms with Crippen LogP contribution in [0, 0.1) is 0 Å². The average Bonchev–Trinajstić information content (AvgIpc) is 2.45. The largest absolute Gasteiger partial charge is 0.335 e. The molecule has 0 spiro atoms. The van der Waals surface area contributed by atoms with Gasteiger partial charge in [-0.1, -0.05) is 37.3 Å². The highest BCUT2D eigenvalue weighted by atomic mass is 16.2. The molecular formula is C15H21N3O2. The lowest BCUT2D eigenvalue weighted by Gasteiger charge is -2.34. The Kier molecular flexibility index (Phi) is 4.74. The van der Waals surface area contributed by atoms with Gasteiger partial charge in [-0.3, -0.25) is 9.59 Å². The minimum atomic E-state index is -0.00656. The number of benzene rings is 1. The fourth-order valence-corrected chi connectivity index (χ4v) is 2.37. The van der Waals surface area contributed by atoms with Crippen molar-refractivity contribution in [3.63, 3.8) is 0 Å². The van der Waals surface area contributed by atoms with Crippen molar-refractivity contribution in [2.45, 2.75) is 13.0 Å².